The molecular formula is C14H17NO2. The number of nitrogens with one attached hydrogen (secondary N) is 1. The van der Waals surface area contributed by atoms with Crippen LogP contribution >= 0.6 is 0 Å². The summed E-state index contributed by atoms with van der Waals surface area (Å²) in [6.07, 6.45) is 3.22. The van der Waals surface area contributed by atoms with Crippen LogP contribution in [0.25, 0.3) is 5.57 Å². The average Bonchev–Trinajstić information content (AvgIpc) is 2.36. The van der Waals surface area contributed by atoms with Crippen LogP contribution in [-0.4, -0.2) is 19.6 Å². The molecule has 0 aromatic heterocycles. The fourth-order valence-electron chi connectivity index (χ4n) is 1.36. The van der Waals surface area contributed by atoms with Crippen molar-refractivity contribution in [3.05, 3.63) is 48.6 Å². The molecule has 0 radical (unpaired) electrons. The van der Waals surface area contributed by atoms with Crippen molar-refractivity contribution in [3.63, 3.8) is 0 Å². The molecule has 1 amide bonds. The molecule has 1 aromatic carbocycles. The third-order valence-electron chi connectivity index (χ3n) is 2.31. The summed E-state index contributed by atoms with van der Waals surface area (Å²) in [5.41, 5.74) is 1.91. The number of hydrogen-bond acceptors (Lipinski definition) is 2. The Morgan fingerprint density at radius 3 is 2.59 bits per heavy atom. The van der Waals surface area contributed by atoms with Gasteiger partial charge in [0, 0.05) is 12.6 Å². The Morgan fingerprint density at radius 1 is 1.41 bits per heavy atom. The summed E-state index contributed by atoms with van der Waals surface area (Å²) >= 11 is 0. The molecule has 1 aromatic rings. The molecule has 0 spiro atoms. The summed E-state index contributed by atoms with van der Waals surface area (Å²) in [7, 11) is 1.63. The van der Waals surface area contributed by atoms with Crippen LogP contribution in [0.1, 0.15) is 12.5 Å². The van der Waals surface area contributed by atoms with E-state index >= 15 is 0 Å². The molecule has 0 aliphatic heterocycles. The first-order valence-corrected chi connectivity index (χ1v) is 5.39. The predicted molar refractivity (Wildman–Crippen MR) is 69.9 cm³/mol. The minimum atomic E-state index is -0.113. The van der Waals surface area contributed by atoms with Crippen LogP contribution in [0.15, 0.2) is 43.0 Å². The molecule has 0 saturated carbocycles. The summed E-state index contributed by atoms with van der Waals surface area (Å²) in [6, 6.07) is 7.58. The van der Waals surface area contributed by atoms with Crippen LogP contribution in [-0.2, 0) is 4.79 Å². The highest BCUT2D eigenvalue weighted by Crippen LogP contribution is 2.17. The second kappa shape index (κ2) is 6.53. The molecule has 3 nitrogen and oxygen atoms in total. The van der Waals surface area contributed by atoms with E-state index in [1.807, 2.05) is 31.2 Å². The average molecular weight is 231 g/mol. The Hall–Kier alpha value is -2.03. The summed E-state index contributed by atoms with van der Waals surface area (Å²) in [5.74, 6) is 0.691. The maximum Gasteiger partial charge on any atom is 0.244 e. The number of amides is 1. The van der Waals surface area contributed by atoms with Gasteiger partial charge in [0.25, 0.3) is 0 Å². The third kappa shape index (κ3) is 4.15. The maximum absolute atomic E-state index is 11.4. The molecule has 0 aliphatic rings. The normalized spacial score (nSPS) is 10.8. The monoisotopic (exact) mass is 231 g/mol. The highest BCUT2D eigenvalue weighted by molar-refractivity contribution is 5.94. The van der Waals surface area contributed by atoms with E-state index in [0.717, 1.165) is 16.9 Å². The highest BCUT2D eigenvalue weighted by Gasteiger charge is 2.00. The van der Waals surface area contributed by atoms with Gasteiger partial charge in [-0.15, -0.1) is 6.58 Å². The minimum Gasteiger partial charge on any atom is -0.497 e. The van der Waals surface area contributed by atoms with E-state index in [4.69, 9.17) is 4.74 Å². The minimum absolute atomic E-state index is 0.113. The van der Waals surface area contributed by atoms with Gasteiger partial charge in [-0.25, -0.2) is 0 Å². The van der Waals surface area contributed by atoms with E-state index in [2.05, 4.69) is 11.9 Å². The van der Waals surface area contributed by atoms with Crippen molar-refractivity contribution in [1.82, 2.24) is 5.32 Å². The van der Waals surface area contributed by atoms with E-state index in [0.29, 0.717) is 6.54 Å². The lowest BCUT2D eigenvalue weighted by molar-refractivity contribution is -0.116. The van der Waals surface area contributed by atoms with Gasteiger partial charge in [-0.2, -0.15) is 0 Å². The van der Waals surface area contributed by atoms with Crippen molar-refractivity contribution < 1.29 is 9.53 Å². The summed E-state index contributed by atoms with van der Waals surface area (Å²) in [5, 5.41) is 2.70. The van der Waals surface area contributed by atoms with Crippen LogP contribution in [0.4, 0.5) is 0 Å². The van der Waals surface area contributed by atoms with Crippen molar-refractivity contribution in [2.24, 2.45) is 0 Å². The number of ether oxygens (including phenoxy) is 1. The molecule has 90 valence electrons. The van der Waals surface area contributed by atoms with Crippen LogP contribution in [0.2, 0.25) is 0 Å². The topological polar surface area (TPSA) is 38.3 Å². The van der Waals surface area contributed by atoms with Gasteiger partial charge < -0.3 is 10.1 Å². The molecule has 1 rings (SSSR count). The Kier molecular flexibility index (Phi) is 5.01. The molecule has 0 aliphatic carbocycles. The first-order valence-electron chi connectivity index (χ1n) is 5.39. The smallest absolute Gasteiger partial charge is 0.244 e. The van der Waals surface area contributed by atoms with Gasteiger partial charge in [0.15, 0.2) is 0 Å². The van der Waals surface area contributed by atoms with Crippen LogP contribution < -0.4 is 10.1 Å². The van der Waals surface area contributed by atoms with Gasteiger partial charge in [-0.05, 0) is 30.2 Å². The number of carbonyl (C=O) groups excluding carboxylic acids is 1. The first-order chi connectivity index (χ1) is 8.17. The van der Waals surface area contributed by atoms with Gasteiger partial charge in [0.1, 0.15) is 5.75 Å². The second-order valence-corrected chi connectivity index (χ2v) is 3.59. The second-order valence-electron chi connectivity index (χ2n) is 3.59. The van der Waals surface area contributed by atoms with Gasteiger partial charge in [-0.1, -0.05) is 18.2 Å². The van der Waals surface area contributed by atoms with E-state index in [-0.39, 0.29) is 5.91 Å². The van der Waals surface area contributed by atoms with Gasteiger partial charge in [-0.3, -0.25) is 4.79 Å². The van der Waals surface area contributed by atoms with Gasteiger partial charge in [0.2, 0.25) is 5.91 Å². The van der Waals surface area contributed by atoms with Gasteiger partial charge >= 0.3 is 0 Å². The molecule has 0 saturated heterocycles. The molecule has 0 atom stereocenters. The lowest BCUT2D eigenvalue weighted by atomic mass is 10.1. The maximum atomic E-state index is 11.4. The van der Waals surface area contributed by atoms with Crippen molar-refractivity contribution in [1.29, 1.82) is 0 Å². The number of benzene rings is 1. The Morgan fingerprint density at radius 2 is 2.06 bits per heavy atom. The Balaban J connectivity index is 2.73. The van der Waals surface area contributed by atoms with Crippen molar-refractivity contribution in [3.8, 4) is 5.75 Å². The molecule has 17 heavy (non-hydrogen) atoms. The van der Waals surface area contributed by atoms with Crippen molar-refractivity contribution in [2.45, 2.75) is 6.92 Å². The molecular weight excluding hydrogens is 214 g/mol. The van der Waals surface area contributed by atoms with E-state index in [9.17, 15) is 4.79 Å². The Bertz CT molecular complexity index is 418. The number of hydrogen-bond donors (Lipinski definition) is 1. The lowest BCUT2D eigenvalue weighted by Crippen LogP contribution is -2.20. The van der Waals surface area contributed by atoms with E-state index in [1.165, 1.54) is 0 Å². The zero-order chi connectivity index (χ0) is 12.7. The van der Waals surface area contributed by atoms with E-state index in [1.54, 1.807) is 19.3 Å². The number of methoxy groups -OCH3 is 1. The summed E-state index contributed by atoms with van der Waals surface area (Å²) in [4.78, 5) is 11.4. The third-order valence-corrected chi connectivity index (χ3v) is 2.31. The summed E-state index contributed by atoms with van der Waals surface area (Å²) in [6.45, 7) is 5.92. The zero-order valence-electron chi connectivity index (χ0n) is 10.2. The quantitative estimate of drug-likeness (QED) is 0.624. The number of allylic oxidation sites excluding steroid dienone is 1. The molecule has 3 heteroatoms. The number of carbonyl (C=O) groups is 1. The Labute approximate surface area is 102 Å². The molecule has 1 N–H and O–H groups in total. The standard InChI is InChI=1S/C14H17NO2/c1-4-9-15-14(16)10-11(2)12-5-7-13(17-3)8-6-12/h4-8,10H,1,9H2,2-3H3,(H,15,16)/b11-10+. The van der Waals surface area contributed by atoms with Crippen molar-refractivity contribution in [2.75, 3.05) is 13.7 Å². The van der Waals surface area contributed by atoms with Crippen molar-refractivity contribution >= 4 is 11.5 Å². The van der Waals surface area contributed by atoms with Crippen LogP contribution in [0, 0.1) is 0 Å². The fraction of sp³-hybridized carbons (Fsp3) is 0.214. The highest BCUT2D eigenvalue weighted by atomic mass is 16.5. The van der Waals surface area contributed by atoms with Crippen LogP contribution in [0.3, 0.4) is 0 Å². The largest absolute Gasteiger partial charge is 0.497 e. The first kappa shape index (κ1) is 13.0. The number of rotatable bonds is 5. The van der Waals surface area contributed by atoms with Crippen LogP contribution in [0.5, 0.6) is 5.75 Å². The predicted octanol–water partition coefficient (Wildman–Crippen LogP) is 2.40. The molecule has 0 fully saturated rings. The molecule has 0 bridgehead atoms. The molecule has 0 unspecified atom stereocenters. The molecule has 0 heterocycles. The van der Waals surface area contributed by atoms with Gasteiger partial charge in [0.05, 0.1) is 7.11 Å². The SMILES string of the molecule is C=CCNC(=O)/C=C(\C)c1ccc(OC)cc1. The van der Waals surface area contributed by atoms with E-state index < -0.39 is 0 Å². The summed E-state index contributed by atoms with van der Waals surface area (Å²) < 4.78 is 5.07. The fourth-order valence-corrected chi connectivity index (χ4v) is 1.36. The zero-order valence-corrected chi connectivity index (χ0v) is 10.2. The lowest BCUT2D eigenvalue weighted by Gasteiger charge is -2.04.